The Morgan fingerprint density at radius 2 is 1.88 bits per heavy atom. The van der Waals surface area contributed by atoms with Crippen molar-refractivity contribution in [1.82, 2.24) is 9.47 Å². The minimum atomic E-state index is -0.343. The Morgan fingerprint density at radius 3 is 2.52 bits per heavy atom. The molecule has 170 valence electrons. The van der Waals surface area contributed by atoms with Gasteiger partial charge in [-0.25, -0.2) is 4.39 Å². The van der Waals surface area contributed by atoms with E-state index in [1.165, 1.54) is 33.4 Å². The SMILES string of the molecule is Cc1c(/C=C2\SC(=S)N(Cc3ccc(F)cc3)C2=O)c(N2CCSCC2)n(C)c(=O)c1C#N. The first-order chi connectivity index (χ1) is 15.8. The zero-order valence-electron chi connectivity index (χ0n) is 18.1. The highest BCUT2D eigenvalue weighted by molar-refractivity contribution is 8.26. The monoisotopic (exact) mass is 500 g/mol. The van der Waals surface area contributed by atoms with E-state index in [-0.39, 0.29) is 29.4 Å². The lowest BCUT2D eigenvalue weighted by Crippen LogP contribution is -2.38. The average Bonchev–Trinajstić information content (AvgIpc) is 3.07. The van der Waals surface area contributed by atoms with Crippen LogP contribution < -0.4 is 10.5 Å². The molecule has 0 aliphatic carbocycles. The molecule has 0 unspecified atom stereocenters. The first kappa shape index (κ1) is 23.5. The van der Waals surface area contributed by atoms with Crippen LogP contribution in [0.25, 0.3) is 6.08 Å². The molecule has 10 heteroatoms. The van der Waals surface area contributed by atoms with Crippen LogP contribution in [0.5, 0.6) is 0 Å². The van der Waals surface area contributed by atoms with E-state index in [4.69, 9.17) is 12.2 Å². The summed E-state index contributed by atoms with van der Waals surface area (Å²) >= 11 is 8.50. The molecule has 2 aromatic rings. The number of pyridine rings is 1. The van der Waals surface area contributed by atoms with Crippen LogP contribution in [0.4, 0.5) is 10.2 Å². The van der Waals surface area contributed by atoms with Gasteiger partial charge in [0.1, 0.15) is 27.6 Å². The molecule has 4 rings (SSSR count). The van der Waals surface area contributed by atoms with Crippen molar-refractivity contribution in [3.8, 4) is 6.07 Å². The number of aromatic nitrogens is 1. The molecule has 2 aliphatic rings. The molecule has 0 radical (unpaired) electrons. The fraction of sp³-hybridized carbons (Fsp3) is 0.304. The third kappa shape index (κ3) is 4.58. The van der Waals surface area contributed by atoms with E-state index >= 15 is 0 Å². The summed E-state index contributed by atoms with van der Waals surface area (Å²) in [6.07, 6.45) is 1.75. The molecule has 2 saturated heterocycles. The maximum absolute atomic E-state index is 13.2. The molecule has 3 heterocycles. The molecule has 0 spiro atoms. The largest absolute Gasteiger partial charge is 0.356 e. The van der Waals surface area contributed by atoms with Gasteiger partial charge in [0, 0.05) is 37.2 Å². The number of hydrogen-bond acceptors (Lipinski definition) is 7. The van der Waals surface area contributed by atoms with E-state index in [9.17, 15) is 19.2 Å². The molecule has 1 amide bonds. The van der Waals surface area contributed by atoms with Crippen molar-refractivity contribution in [2.45, 2.75) is 13.5 Å². The number of amides is 1. The number of nitriles is 1. The van der Waals surface area contributed by atoms with E-state index in [0.29, 0.717) is 26.2 Å². The summed E-state index contributed by atoms with van der Waals surface area (Å²) in [7, 11) is 1.66. The number of carbonyl (C=O) groups is 1. The quantitative estimate of drug-likeness (QED) is 0.469. The number of hydrogen-bond donors (Lipinski definition) is 0. The number of halogens is 1. The highest BCUT2D eigenvalue weighted by Gasteiger charge is 2.33. The molecule has 1 aromatic heterocycles. The fourth-order valence-corrected chi connectivity index (χ4v) is 6.05. The number of thiocarbonyl (C=S) groups is 1. The van der Waals surface area contributed by atoms with Crippen molar-refractivity contribution in [3.05, 3.63) is 67.6 Å². The third-order valence-electron chi connectivity index (χ3n) is 5.68. The molecule has 2 fully saturated rings. The highest BCUT2D eigenvalue weighted by atomic mass is 32.2. The van der Waals surface area contributed by atoms with Crippen LogP contribution in [-0.4, -0.2) is 44.3 Å². The predicted molar refractivity (Wildman–Crippen MR) is 136 cm³/mol. The summed E-state index contributed by atoms with van der Waals surface area (Å²) in [6, 6.07) is 7.97. The van der Waals surface area contributed by atoms with E-state index in [2.05, 4.69) is 4.90 Å². The Hall–Kier alpha value is -2.61. The van der Waals surface area contributed by atoms with Crippen molar-refractivity contribution in [2.75, 3.05) is 29.5 Å². The normalized spacial score (nSPS) is 17.7. The summed E-state index contributed by atoms with van der Waals surface area (Å²) in [4.78, 5) is 30.1. The second kappa shape index (κ2) is 9.71. The fourth-order valence-electron chi connectivity index (χ4n) is 3.91. The van der Waals surface area contributed by atoms with E-state index in [1.807, 2.05) is 17.8 Å². The Balaban J connectivity index is 1.76. The minimum absolute atomic E-state index is 0.0701. The number of carbonyl (C=O) groups excluding carboxylic acids is 1. The second-order valence-corrected chi connectivity index (χ2v) is 10.6. The Kier molecular flexibility index (Phi) is 6.93. The molecule has 0 atom stereocenters. The maximum atomic E-state index is 13.2. The van der Waals surface area contributed by atoms with Crippen molar-refractivity contribution < 1.29 is 9.18 Å². The minimum Gasteiger partial charge on any atom is -0.356 e. The zero-order chi connectivity index (χ0) is 23.7. The van der Waals surface area contributed by atoms with Crippen molar-refractivity contribution in [1.29, 1.82) is 5.26 Å². The van der Waals surface area contributed by atoms with Gasteiger partial charge in [-0.1, -0.05) is 36.1 Å². The number of nitrogens with zero attached hydrogens (tertiary/aromatic N) is 4. The average molecular weight is 501 g/mol. The van der Waals surface area contributed by atoms with Crippen molar-refractivity contribution in [3.63, 3.8) is 0 Å². The number of thioether (sulfide) groups is 2. The van der Waals surface area contributed by atoms with Gasteiger partial charge in [-0.05, 0) is 36.3 Å². The van der Waals surface area contributed by atoms with Crippen LogP contribution in [0.3, 0.4) is 0 Å². The van der Waals surface area contributed by atoms with E-state index in [0.717, 1.165) is 30.2 Å². The number of rotatable bonds is 4. The van der Waals surface area contributed by atoms with Crippen LogP contribution >= 0.6 is 35.7 Å². The van der Waals surface area contributed by atoms with Gasteiger partial charge in [0.05, 0.1) is 11.4 Å². The maximum Gasteiger partial charge on any atom is 0.270 e. The first-order valence-electron chi connectivity index (χ1n) is 10.3. The van der Waals surface area contributed by atoms with Crippen LogP contribution in [0.15, 0.2) is 34.0 Å². The topological polar surface area (TPSA) is 69.3 Å². The molecule has 0 bridgehead atoms. The van der Waals surface area contributed by atoms with E-state index in [1.54, 1.807) is 32.2 Å². The number of benzene rings is 1. The van der Waals surface area contributed by atoms with Gasteiger partial charge in [-0.2, -0.15) is 17.0 Å². The van der Waals surface area contributed by atoms with Gasteiger partial charge in [0.2, 0.25) is 0 Å². The summed E-state index contributed by atoms with van der Waals surface area (Å²) in [5, 5.41) is 9.60. The Morgan fingerprint density at radius 1 is 1.21 bits per heavy atom. The van der Waals surface area contributed by atoms with Crippen LogP contribution in [0.1, 0.15) is 22.3 Å². The Bertz CT molecular complexity index is 1260. The summed E-state index contributed by atoms with van der Waals surface area (Å²) in [5.41, 5.74) is 1.73. The first-order valence-corrected chi connectivity index (χ1v) is 12.7. The van der Waals surface area contributed by atoms with Gasteiger partial charge in [-0.3, -0.25) is 19.1 Å². The number of anilines is 1. The van der Waals surface area contributed by atoms with Crippen molar-refractivity contribution in [2.24, 2.45) is 7.05 Å². The lowest BCUT2D eigenvalue weighted by Gasteiger charge is -2.32. The molecule has 6 nitrogen and oxygen atoms in total. The summed E-state index contributed by atoms with van der Waals surface area (Å²) in [5.74, 6) is 1.99. The van der Waals surface area contributed by atoms with Crippen LogP contribution in [0.2, 0.25) is 0 Å². The molecular formula is C23H21FN4O2S3. The van der Waals surface area contributed by atoms with Gasteiger partial charge < -0.3 is 4.90 Å². The molecular weight excluding hydrogens is 479 g/mol. The van der Waals surface area contributed by atoms with E-state index < -0.39 is 0 Å². The summed E-state index contributed by atoms with van der Waals surface area (Å²) in [6.45, 7) is 3.53. The molecule has 0 saturated carbocycles. The second-order valence-electron chi connectivity index (χ2n) is 7.71. The highest BCUT2D eigenvalue weighted by Crippen LogP contribution is 2.36. The molecule has 33 heavy (non-hydrogen) atoms. The summed E-state index contributed by atoms with van der Waals surface area (Å²) < 4.78 is 15.2. The molecule has 0 N–H and O–H groups in total. The molecule has 2 aliphatic heterocycles. The van der Waals surface area contributed by atoms with Crippen LogP contribution in [0, 0.1) is 24.1 Å². The van der Waals surface area contributed by atoms with Gasteiger partial charge >= 0.3 is 0 Å². The van der Waals surface area contributed by atoms with Crippen molar-refractivity contribution >= 4 is 57.9 Å². The van der Waals surface area contributed by atoms with Gasteiger partial charge in [0.25, 0.3) is 11.5 Å². The third-order valence-corrected chi connectivity index (χ3v) is 8.00. The Labute approximate surface area is 205 Å². The van der Waals surface area contributed by atoms with Gasteiger partial charge in [0.15, 0.2) is 0 Å². The predicted octanol–water partition coefficient (Wildman–Crippen LogP) is 3.66. The molecule has 1 aromatic carbocycles. The zero-order valence-corrected chi connectivity index (χ0v) is 20.6. The smallest absolute Gasteiger partial charge is 0.270 e. The van der Waals surface area contributed by atoms with Gasteiger partial charge in [-0.15, -0.1) is 0 Å². The lowest BCUT2D eigenvalue weighted by atomic mass is 10.0. The standard InChI is InChI=1S/C23H21FN4O2S3/c1-14-17(20(27-7-9-32-10-8-27)26(2)21(29)18(14)12-25)11-19-22(30)28(23(31)33-19)13-15-3-5-16(24)6-4-15/h3-6,11H,7-10,13H2,1-2H3/b19-11-. The lowest BCUT2D eigenvalue weighted by molar-refractivity contribution is -0.122. The van der Waals surface area contributed by atoms with Crippen LogP contribution in [-0.2, 0) is 18.4 Å².